The maximum absolute atomic E-state index is 11.6. The van der Waals surface area contributed by atoms with E-state index in [-0.39, 0.29) is 0 Å². The number of hydrogen-bond acceptors (Lipinski definition) is 5. The first-order chi connectivity index (χ1) is 11.6. The van der Waals surface area contributed by atoms with Gasteiger partial charge in [0, 0.05) is 11.1 Å². The molecule has 1 aromatic heterocycles. The average Bonchev–Trinajstić information content (AvgIpc) is 3.11. The molecule has 0 aliphatic carbocycles. The third-order valence-electron chi connectivity index (χ3n) is 3.79. The van der Waals surface area contributed by atoms with Crippen LogP contribution in [0.15, 0.2) is 53.1 Å². The molecule has 2 aromatic carbocycles. The smallest absolute Gasteiger partial charge is 0.337 e. The molecule has 0 saturated heterocycles. The number of hydrogen-bond donors (Lipinski definition) is 0. The molecule has 0 radical (unpaired) electrons. The number of benzene rings is 2. The number of methoxy groups -OCH3 is 1. The van der Waals surface area contributed by atoms with E-state index in [0.717, 1.165) is 5.56 Å². The predicted octanol–water partition coefficient (Wildman–Crippen LogP) is 4.31. The van der Waals surface area contributed by atoms with Crippen LogP contribution in [0.4, 0.5) is 0 Å². The fraction of sp³-hybridized carbons (Fsp3) is 0.211. The third-order valence-corrected chi connectivity index (χ3v) is 3.79. The zero-order valence-corrected chi connectivity index (χ0v) is 13.8. The van der Waals surface area contributed by atoms with Crippen molar-refractivity contribution < 1.29 is 14.1 Å². The summed E-state index contributed by atoms with van der Waals surface area (Å²) in [5, 5.41) is 4.03. The van der Waals surface area contributed by atoms with E-state index in [1.165, 1.54) is 12.7 Å². The van der Waals surface area contributed by atoms with Crippen molar-refractivity contribution in [3.63, 3.8) is 0 Å². The van der Waals surface area contributed by atoms with Crippen molar-refractivity contribution in [2.45, 2.75) is 19.8 Å². The minimum atomic E-state index is -0.402. The zero-order valence-electron chi connectivity index (χ0n) is 13.8. The Balaban J connectivity index is 1.89. The van der Waals surface area contributed by atoms with Gasteiger partial charge in [-0.25, -0.2) is 4.79 Å². The van der Waals surface area contributed by atoms with Gasteiger partial charge in [0.15, 0.2) is 0 Å². The summed E-state index contributed by atoms with van der Waals surface area (Å²) in [6.45, 7) is 4.30. The molecule has 0 amide bonds. The van der Waals surface area contributed by atoms with Crippen LogP contribution >= 0.6 is 0 Å². The lowest BCUT2D eigenvalue weighted by atomic mass is 10.0. The highest BCUT2D eigenvalue weighted by Crippen LogP contribution is 2.24. The van der Waals surface area contributed by atoms with Crippen molar-refractivity contribution in [3.05, 3.63) is 59.7 Å². The van der Waals surface area contributed by atoms with E-state index in [2.05, 4.69) is 36.1 Å². The largest absolute Gasteiger partial charge is 0.465 e. The van der Waals surface area contributed by atoms with Gasteiger partial charge < -0.3 is 9.26 Å². The Bertz CT molecular complexity index is 851. The van der Waals surface area contributed by atoms with Gasteiger partial charge in [0.25, 0.3) is 5.89 Å². The Morgan fingerprint density at radius 3 is 2.50 bits per heavy atom. The molecule has 0 aliphatic heterocycles. The SMILES string of the molecule is COC(=O)c1cccc(-c2nc(-c3ccc(C(C)C)cc3)no2)c1. The quantitative estimate of drug-likeness (QED) is 0.670. The van der Waals surface area contributed by atoms with E-state index in [1.807, 2.05) is 18.2 Å². The highest BCUT2D eigenvalue weighted by molar-refractivity contribution is 5.90. The lowest BCUT2D eigenvalue weighted by Crippen LogP contribution is -2.00. The Kier molecular flexibility index (Phi) is 4.42. The second-order valence-electron chi connectivity index (χ2n) is 5.77. The van der Waals surface area contributed by atoms with Gasteiger partial charge in [-0.15, -0.1) is 0 Å². The molecular weight excluding hydrogens is 304 g/mol. The van der Waals surface area contributed by atoms with Crippen LogP contribution in [0.2, 0.25) is 0 Å². The average molecular weight is 322 g/mol. The van der Waals surface area contributed by atoms with Crippen molar-refractivity contribution in [2.75, 3.05) is 7.11 Å². The van der Waals surface area contributed by atoms with Gasteiger partial charge in [0.05, 0.1) is 12.7 Å². The van der Waals surface area contributed by atoms with Crippen molar-refractivity contribution in [1.29, 1.82) is 0 Å². The molecular formula is C19H18N2O3. The van der Waals surface area contributed by atoms with Gasteiger partial charge in [-0.05, 0) is 29.7 Å². The van der Waals surface area contributed by atoms with Crippen LogP contribution in [0.3, 0.4) is 0 Å². The standard InChI is InChI=1S/C19H18N2O3/c1-12(2)13-7-9-14(10-8-13)17-20-18(24-21-17)15-5-4-6-16(11-15)19(22)23-3/h4-12H,1-3H3. The van der Waals surface area contributed by atoms with Crippen LogP contribution in [0.25, 0.3) is 22.8 Å². The van der Waals surface area contributed by atoms with Gasteiger partial charge in [-0.1, -0.05) is 49.3 Å². The molecule has 0 atom stereocenters. The number of esters is 1. The van der Waals surface area contributed by atoms with Crippen LogP contribution < -0.4 is 0 Å². The fourth-order valence-corrected chi connectivity index (χ4v) is 2.37. The molecule has 0 spiro atoms. The summed E-state index contributed by atoms with van der Waals surface area (Å²) >= 11 is 0. The number of aromatic nitrogens is 2. The lowest BCUT2D eigenvalue weighted by Gasteiger charge is -2.04. The van der Waals surface area contributed by atoms with Crippen LogP contribution in [0, 0.1) is 0 Å². The Morgan fingerprint density at radius 1 is 1.08 bits per heavy atom. The molecule has 0 fully saturated rings. The highest BCUT2D eigenvalue weighted by Gasteiger charge is 2.13. The van der Waals surface area contributed by atoms with Crippen molar-refractivity contribution in [1.82, 2.24) is 10.1 Å². The molecule has 5 nitrogen and oxygen atoms in total. The minimum Gasteiger partial charge on any atom is -0.465 e. The number of rotatable bonds is 4. The van der Waals surface area contributed by atoms with Crippen LogP contribution in [0.1, 0.15) is 35.7 Å². The van der Waals surface area contributed by atoms with Gasteiger partial charge in [0.1, 0.15) is 0 Å². The summed E-state index contributed by atoms with van der Waals surface area (Å²) in [5.41, 5.74) is 3.26. The molecule has 0 aliphatic rings. The Hall–Kier alpha value is -2.95. The van der Waals surface area contributed by atoms with E-state index in [1.54, 1.807) is 18.2 Å². The second-order valence-corrected chi connectivity index (χ2v) is 5.77. The van der Waals surface area contributed by atoms with E-state index >= 15 is 0 Å². The molecule has 1 heterocycles. The first-order valence-corrected chi connectivity index (χ1v) is 7.71. The monoisotopic (exact) mass is 322 g/mol. The molecule has 3 aromatic rings. The number of carbonyl (C=O) groups is 1. The first-order valence-electron chi connectivity index (χ1n) is 7.71. The minimum absolute atomic E-state index is 0.365. The molecule has 24 heavy (non-hydrogen) atoms. The summed E-state index contributed by atoms with van der Waals surface area (Å²) in [7, 11) is 1.35. The zero-order chi connectivity index (χ0) is 17.1. The molecule has 0 unspecified atom stereocenters. The van der Waals surface area contributed by atoms with Gasteiger partial charge >= 0.3 is 5.97 Å². The van der Waals surface area contributed by atoms with E-state index in [4.69, 9.17) is 9.26 Å². The second kappa shape index (κ2) is 6.66. The van der Waals surface area contributed by atoms with Crippen molar-refractivity contribution in [2.24, 2.45) is 0 Å². The van der Waals surface area contributed by atoms with Gasteiger partial charge in [0.2, 0.25) is 5.82 Å². The van der Waals surface area contributed by atoms with Gasteiger partial charge in [-0.3, -0.25) is 0 Å². The predicted molar refractivity (Wildman–Crippen MR) is 90.6 cm³/mol. The summed E-state index contributed by atoms with van der Waals surface area (Å²) in [4.78, 5) is 16.0. The van der Waals surface area contributed by atoms with E-state index in [9.17, 15) is 4.79 Å². The Labute approximate surface area is 140 Å². The maximum Gasteiger partial charge on any atom is 0.337 e. The van der Waals surface area contributed by atoms with Crippen molar-refractivity contribution in [3.8, 4) is 22.8 Å². The van der Waals surface area contributed by atoms with E-state index in [0.29, 0.717) is 28.8 Å². The summed E-state index contributed by atoms with van der Waals surface area (Å²) in [6.07, 6.45) is 0. The number of carbonyl (C=O) groups excluding carboxylic acids is 1. The summed E-state index contributed by atoms with van der Waals surface area (Å²) in [5.74, 6) is 0.953. The maximum atomic E-state index is 11.6. The molecule has 0 saturated carbocycles. The fourth-order valence-electron chi connectivity index (χ4n) is 2.37. The van der Waals surface area contributed by atoms with Crippen LogP contribution in [-0.4, -0.2) is 23.2 Å². The number of ether oxygens (including phenoxy) is 1. The molecule has 122 valence electrons. The molecule has 0 N–H and O–H groups in total. The van der Waals surface area contributed by atoms with Crippen LogP contribution in [-0.2, 0) is 4.74 Å². The van der Waals surface area contributed by atoms with Crippen LogP contribution in [0.5, 0.6) is 0 Å². The first kappa shape index (κ1) is 15.9. The topological polar surface area (TPSA) is 65.2 Å². The molecule has 3 rings (SSSR count). The summed E-state index contributed by atoms with van der Waals surface area (Å²) < 4.78 is 10.1. The van der Waals surface area contributed by atoms with Crippen molar-refractivity contribution >= 4 is 5.97 Å². The lowest BCUT2D eigenvalue weighted by molar-refractivity contribution is 0.0601. The molecule has 5 heteroatoms. The normalized spacial score (nSPS) is 10.8. The van der Waals surface area contributed by atoms with E-state index < -0.39 is 5.97 Å². The molecule has 0 bridgehead atoms. The number of nitrogens with zero attached hydrogens (tertiary/aromatic N) is 2. The Morgan fingerprint density at radius 2 is 1.83 bits per heavy atom. The highest BCUT2D eigenvalue weighted by atomic mass is 16.5. The third kappa shape index (κ3) is 3.20. The van der Waals surface area contributed by atoms with Gasteiger partial charge in [-0.2, -0.15) is 4.98 Å². The summed E-state index contributed by atoms with van der Waals surface area (Å²) in [6, 6.07) is 15.0.